The van der Waals surface area contributed by atoms with E-state index in [0.717, 1.165) is 5.56 Å². The van der Waals surface area contributed by atoms with Crippen molar-refractivity contribution in [2.24, 2.45) is 0 Å². The Morgan fingerprint density at radius 2 is 2.00 bits per heavy atom. The number of rotatable bonds is 3. The van der Waals surface area contributed by atoms with Gasteiger partial charge in [0.15, 0.2) is 5.69 Å². The smallest absolute Gasteiger partial charge is 0.355 e. The molecule has 0 saturated carbocycles. The lowest BCUT2D eigenvalue weighted by atomic mass is 10.1. The average Bonchev–Trinajstić information content (AvgIpc) is 2.34. The van der Waals surface area contributed by atoms with E-state index < -0.39 is 5.97 Å². The molecule has 2 rings (SSSR count). The fraction of sp³-hybridized carbons (Fsp3) is 0.154. The molecular weight excluding hydrogens is 296 g/mol. The number of carboxylic acids is 1. The Labute approximate surface area is 113 Å². The summed E-state index contributed by atoms with van der Waals surface area (Å²) in [6.07, 6.45) is 1.99. The van der Waals surface area contributed by atoms with Crippen molar-refractivity contribution in [3.8, 4) is 0 Å². The summed E-state index contributed by atoms with van der Waals surface area (Å²) in [6, 6.07) is 7.99. The number of halogens is 1. The Hall–Kier alpha value is -1.75. The molecule has 2 aromatic rings. The highest BCUT2D eigenvalue weighted by Gasteiger charge is 2.12. The SMILES string of the molecule is Cc1ccc(Cc2ncc(Br)c(C(=O)O)n2)cc1. The van der Waals surface area contributed by atoms with E-state index in [1.165, 1.54) is 11.8 Å². The molecule has 0 spiro atoms. The highest BCUT2D eigenvalue weighted by molar-refractivity contribution is 9.10. The molecule has 0 aliphatic heterocycles. The van der Waals surface area contributed by atoms with Gasteiger partial charge in [-0.1, -0.05) is 29.8 Å². The molecule has 92 valence electrons. The fourth-order valence-electron chi connectivity index (χ4n) is 1.53. The maximum absolute atomic E-state index is 11.0. The zero-order valence-corrected chi connectivity index (χ0v) is 11.3. The summed E-state index contributed by atoms with van der Waals surface area (Å²) in [4.78, 5) is 19.1. The first-order valence-corrected chi connectivity index (χ1v) is 6.16. The van der Waals surface area contributed by atoms with E-state index in [0.29, 0.717) is 16.7 Å². The van der Waals surface area contributed by atoms with Crippen molar-refractivity contribution in [2.75, 3.05) is 0 Å². The molecule has 1 heterocycles. The zero-order chi connectivity index (χ0) is 13.1. The quantitative estimate of drug-likeness (QED) is 0.947. The molecule has 0 radical (unpaired) electrons. The molecule has 5 heteroatoms. The molecule has 0 amide bonds. The molecule has 0 fully saturated rings. The number of hydrogen-bond acceptors (Lipinski definition) is 3. The third kappa shape index (κ3) is 2.92. The van der Waals surface area contributed by atoms with Crippen molar-refractivity contribution in [1.82, 2.24) is 9.97 Å². The number of hydrogen-bond donors (Lipinski definition) is 1. The van der Waals surface area contributed by atoms with Gasteiger partial charge in [-0.25, -0.2) is 14.8 Å². The second-order valence-corrected chi connectivity index (χ2v) is 4.80. The standard InChI is InChI=1S/C13H11BrN2O2/c1-8-2-4-9(5-3-8)6-11-15-7-10(14)12(16-11)13(17)18/h2-5,7H,6H2,1H3,(H,17,18). The lowest BCUT2D eigenvalue weighted by Gasteiger charge is -2.03. The molecule has 0 unspecified atom stereocenters. The van der Waals surface area contributed by atoms with Crippen molar-refractivity contribution in [3.05, 3.63) is 57.6 Å². The van der Waals surface area contributed by atoms with Gasteiger partial charge in [0, 0.05) is 12.6 Å². The minimum absolute atomic E-state index is 0.00730. The topological polar surface area (TPSA) is 63.1 Å². The van der Waals surface area contributed by atoms with E-state index in [1.54, 1.807) is 0 Å². The average molecular weight is 307 g/mol. The van der Waals surface area contributed by atoms with Gasteiger partial charge in [-0.2, -0.15) is 0 Å². The van der Waals surface area contributed by atoms with E-state index in [-0.39, 0.29) is 5.69 Å². The van der Waals surface area contributed by atoms with Crippen molar-refractivity contribution in [2.45, 2.75) is 13.3 Å². The minimum Gasteiger partial charge on any atom is -0.476 e. The highest BCUT2D eigenvalue weighted by Crippen LogP contribution is 2.15. The summed E-state index contributed by atoms with van der Waals surface area (Å²) in [5.74, 6) is -0.561. The third-order valence-electron chi connectivity index (χ3n) is 2.48. The predicted molar refractivity (Wildman–Crippen MR) is 70.7 cm³/mol. The van der Waals surface area contributed by atoms with Crippen LogP contribution in [0.3, 0.4) is 0 Å². The van der Waals surface area contributed by atoms with Gasteiger partial charge in [0.1, 0.15) is 5.82 Å². The van der Waals surface area contributed by atoms with Crippen LogP contribution in [0.4, 0.5) is 0 Å². The van der Waals surface area contributed by atoms with E-state index in [2.05, 4.69) is 25.9 Å². The molecule has 0 saturated heterocycles. The summed E-state index contributed by atoms with van der Waals surface area (Å²) in [5, 5.41) is 8.97. The van der Waals surface area contributed by atoms with Crippen LogP contribution in [0.5, 0.6) is 0 Å². The number of nitrogens with zero attached hydrogens (tertiary/aromatic N) is 2. The second-order valence-electron chi connectivity index (χ2n) is 3.95. The number of carbonyl (C=O) groups is 1. The van der Waals surface area contributed by atoms with Crippen LogP contribution in [-0.2, 0) is 6.42 Å². The third-order valence-corrected chi connectivity index (χ3v) is 3.06. The molecule has 0 aliphatic carbocycles. The lowest BCUT2D eigenvalue weighted by molar-refractivity contribution is 0.0688. The summed E-state index contributed by atoms with van der Waals surface area (Å²) < 4.78 is 0.391. The molecule has 4 nitrogen and oxygen atoms in total. The molecular formula is C13H11BrN2O2. The Balaban J connectivity index is 2.27. The molecule has 1 N–H and O–H groups in total. The van der Waals surface area contributed by atoms with Gasteiger partial charge in [-0.3, -0.25) is 0 Å². The summed E-state index contributed by atoms with van der Waals surface area (Å²) in [5.41, 5.74) is 2.23. The van der Waals surface area contributed by atoms with Crippen LogP contribution in [0, 0.1) is 6.92 Å². The van der Waals surface area contributed by atoms with E-state index in [9.17, 15) is 4.79 Å². The predicted octanol–water partition coefficient (Wildman–Crippen LogP) is 2.84. The van der Waals surface area contributed by atoms with Crippen molar-refractivity contribution in [3.63, 3.8) is 0 Å². The van der Waals surface area contributed by atoms with Gasteiger partial charge in [-0.05, 0) is 28.4 Å². The van der Waals surface area contributed by atoms with Crippen LogP contribution in [0.25, 0.3) is 0 Å². The number of aryl methyl sites for hydroxylation is 1. The monoisotopic (exact) mass is 306 g/mol. The maximum Gasteiger partial charge on any atom is 0.355 e. The summed E-state index contributed by atoms with van der Waals surface area (Å²) in [6.45, 7) is 2.02. The first kappa shape index (κ1) is 12.7. The normalized spacial score (nSPS) is 10.3. The molecule has 0 bridgehead atoms. The number of carboxylic acid groups (broad SMARTS) is 1. The van der Waals surface area contributed by atoms with E-state index >= 15 is 0 Å². The molecule has 0 atom stereocenters. The van der Waals surface area contributed by atoms with E-state index in [1.807, 2.05) is 31.2 Å². The Morgan fingerprint density at radius 1 is 1.33 bits per heavy atom. The number of benzene rings is 1. The molecule has 18 heavy (non-hydrogen) atoms. The van der Waals surface area contributed by atoms with Crippen LogP contribution in [0.2, 0.25) is 0 Å². The van der Waals surface area contributed by atoms with Gasteiger partial charge in [0.05, 0.1) is 4.47 Å². The largest absolute Gasteiger partial charge is 0.476 e. The lowest BCUT2D eigenvalue weighted by Crippen LogP contribution is -2.06. The Bertz CT molecular complexity index is 582. The van der Waals surface area contributed by atoms with Crippen molar-refractivity contribution < 1.29 is 9.90 Å². The van der Waals surface area contributed by atoms with Gasteiger partial charge < -0.3 is 5.11 Å². The number of aromatic carboxylic acids is 1. The van der Waals surface area contributed by atoms with Crippen LogP contribution >= 0.6 is 15.9 Å². The van der Waals surface area contributed by atoms with Crippen LogP contribution in [0.15, 0.2) is 34.9 Å². The van der Waals surface area contributed by atoms with Crippen LogP contribution in [-0.4, -0.2) is 21.0 Å². The molecule has 1 aromatic heterocycles. The minimum atomic E-state index is -1.06. The Kier molecular flexibility index (Phi) is 3.72. The van der Waals surface area contributed by atoms with Crippen LogP contribution in [0.1, 0.15) is 27.4 Å². The van der Waals surface area contributed by atoms with Gasteiger partial charge in [-0.15, -0.1) is 0 Å². The van der Waals surface area contributed by atoms with Gasteiger partial charge >= 0.3 is 5.97 Å². The highest BCUT2D eigenvalue weighted by atomic mass is 79.9. The van der Waals surface area contributed by atoms with Gasteiger partial charge in [0.2, 0.25) is 0 Å². The van der Waals surface area contributed by atoms with Crippen molar-refractivity contribution >= 4 is 21.9 Å². The fourth-order valence-corrected chi connectivity index (χ4v) is 1.89. The van der Waals surface area contributed by atoms with E-state index in [4.69, 9.17) is 5.11 Å². The second kappa shape index (κ2) is 5.27. The van der Waals surface area contributed by atoms with Gasteiger partial charge in [0.25, 0.3) is 0 Å². The van der Waals surface area contributed by atoms with Crippen molar-refractivity contribution in [1.29, 1.82) is 0 Å². The zero-order valence-electron chi connectivity index (χ0n) is 9.72. The molecule has 1 aromatic carbocycles. The first-order chi connectivity index (χ1) is 8.56. The summed E-state index contributed by atoms with van der Waals surface area (Å²) in [7, 11) is 0. The first-order valence-electron chi connectivity index (χ1n) is 5.36. The number of aromatic nitrogens is 2. The van der Waals surface area contributed by atoms with Crippen LogP contribution < -0.4 is 0 Å². The Morgan fingerprint density at radius 3 is 2.61 bits per heavy atom. The maximum atomic E-state index is 11.0. The molecule has 0 aliphatic rings. The summed E-state index contributed by atoms with van der Waals surface area (Å²) >= 11 is 3.12.